The standard InChI is InChI=1S/C18H23N3O2/c1-13(2)15-11-17(23-20-15)16-9-6-10-21(16)18(22)19-12-14-7-4-3-5-8-14/h3-5,7-8,11,13,16H,6,9-10,12H2,1-2H3,(H,19,22)/t16-/m1/s1. The molecule has 23 heavy (non-hydrogen) atoms. The van der Waals surface area contributed by atoms with E-state index in [0.29, 0.717) is 12.5 Å². The predicted octanol–water partition coefficient (Wildman–Crippen LogP) is 3.84. The summed E-state index contributed by atoms with van der Waals surface area (Å²) in [6.07, 6.45) is 1.91. The third-order valence-electron chi connectivity index (χ3n) is 4.27. The van der Waals surface area contributed by atoms with Crippen molar-refractivity contribution in [3.63, 3.8) is 0 Å². The van der Waals surface area contributed by atoms with Crippen molar-refractivity contribution in [3.8, 4) is 0 Å². The number of aromatic nitrogens is 1. The van der Waals surface area contributed by atoms with Crippen LogP contribution in [-0.4, -0.2) is 22.6 Å². The van der Waals surface area contributed by atoms with Crippen LogP contribution in [0, 0.1) is 0 Å². The van der Waals surface area contributed by atoms with Crippen LogP contribution < -0.4 is 5.32 Å². The number of carbonyl (C=O) groups is 1. The minimum Gasteiger partial charge on any atom is -0.359 e. The van der Waals surface area contributed by atoms with Gasteiger partial charge in [0, 0.05) is 19.2 Å². The molecule has 0 aliphatic carbocycles. The molecule has 0 unspecified atom stereocenters. The molecule has 5 nitrogen and oxygen atoms in total. The monoisotopic (exact) mass is 313 g/mol. The summed E-state index contributed by atoms with van der Waals surface area (Å²) in [6, 6.07) is 11.9. The maximum Gasteiger partial charge on any atom is 0.318 e. The molecule has 1 fully saturated rings. The first-order chi connectivity index (χ1) is 11.1. The summed E-state index contributed by atoms with van der Waals surface area (Å²) in [5, 5.41) is 7.11. The number of urea groups is 1. The predicted molar refractivity (Wildman–Crippen MR) is 88.0 cm³/mol. The van der Waals surface area contributed by atoms with Gasteiger partial charge in [0.05, 0.1) is 11.7 Å². The number of hydrogen-bond acceptors (Lipinski definition) is 3. The van der Waals surface area contributed by atoms with Crippen LogP contribution in [0.15, 0.2) is 40.9 Å². The van der Waals surface area contributed by atoms with Gasteiger partial charge in [-0.2, -0.15) is 0 Å². The summed E-state index contributed by atoms with van der Waals surface area (Å²) in [4.78, 5) is 14.4. The van der Waals surface area contributed by atoms with Gasteiger partial charge in [0.25, 0.3) is 0 Å². The van der Waals surface area contributed by atoms with Crippen LogP contribution in [0.2, 0.25) is 0 Å². The van der Waals surface area contributed by atoms with Gasteiger partial charge in [-0.3, -0.25) is 0 Å². The van der Waals surface area contributed by atoms with Crippen LogP contribution >= 0.6 is 0 Å². The molecule has 1 saturated heterocycles. The van der Waals surface area contributed by atoms with Crippen molar-refractivity contribution in [1.29, 1.82) is 0 Å². The number of nitrogens with one attached hydrogen (secondary N) is 1. The molecule has 2 aromatic rings. The quantitative estimate of drug-likeness (QED) is 0.933. The maximum atomic E-state index is 12.5. The van der Waals surface area contributed by atoms with Crippen molar-refractivity contribution < 1.29 is 9.32 Å². The second kappa shape index (κ2) is 6.86. The largest absolute Gasteiger partial charge is 0.359 e. The summed E-state index contributed by atoms with van der Waals surface area (Å²) in [5.41, 5.74) is 2.04. The minimum atomic E-state index is -0.0427. The molecule has 2 amide bonds. The zero-order chi connectivity index (χ0) is 16.2. The van der Waals surface area contributed by atoms with Crippen LogP contribution in [0.4, 0.5) is 4.79 Å². The molecule has 1 aliphatic rings. The van der Waals surface area contributed by atoms with Gasteiger partial charge < -0.3 is 14.7 Å². The topological polar surface area (TPSA) is 58.4 Å². The Kier molecular flexibility index (Phi) is 4.65. The van der Waals surface area contributed by atoms with Gasteiger partial charge in [-0.15, -0.1) is 0 Å². The lowest BCUT2D eigenvalue weighted by Gasteiger charge is -2.23. The van der Waals surface area contributed by atoms with E-state index >= 15 is 0 Å². The zero-order valence-corrected chi connectivity index (χ0v) is 13.7. The Morgan fingerprint density at radius 3 is 2.87 bits per heavy atom. The van der Waals surface area contributed by atoms with E-state index < -0.39 is 0 Å². The molecule has 0 radical (unpaired) electrons. The second-order valence-corrected chi connectivity index (χ2v) is 6.30. The first-order valence-corrected chi connectivity index (χ1v) is 8.20. The minimum absolute atomic E-state index is 0.00854. The molecule has 0 spiro atoms. The van der Waals surface area contributed by atoms with E-state index in [1.54, 1.807) is 0 Å². The molecule has 5 heteroatoms. The summed E-state index contributed by atoms with van der Waals surface area (Å²) < 4.78 is 5.48. The average Bonchev–Trinajstić information content (AvgIpc) is 3.22. The fourth-order valence-electron chi connectivity index (χ4n) is 2.91. The van der Waals surface area contributed by atoms with Crippen molar-refractivity contribution in [2.24, 2.45) is 0 Å². The lowest BCUT2D eigenvalue weighted by Crippen LogP contribution is -2.39. The van der Waals surface area contributed by atoms with Crippen molar-refractivity contribution in [1.82, 2.24) is 15.4 Å². The van der Waals surface area contributed by atoms with Gasteiger partial charge in [-0.1, -0.05) is 49.3 Å². The van der Waals surface area contributed by atoms with Crippen molar-refractivity contribution in [2.75, 3.05) is 6.54 Å². The fourth-order valence-corrected chi connectivity index (χ4v) is 2.91. The van der Waals surface area contributed by atoms with Crippen LogP contribution in [-0.2, 0) is 6.54 Å². The number of hydrogen-bond donors (Lipinski definition) is 1. The van der Waals surface area contributed by atoms with Gasteiger partial charge in [-0.05, 0) is 24.3 Å². The van der Waals surface area contributed by atoms with E-state index in [0.717, 1.165) is 36.4 Å². The Morgan fingerprint density at radius 1 is 1.39 bits per heavy atom. The van der Waals surface area contributed by atoms with E-state index in [1.165, 1.54) is 0 Å². The number of nitrogens with zero attached hydrogens (tertiary/aromatic N) is 2. The highest BCUT2D eigenvalue weighted by atomic mass is 16.5. The lowest BCUT2D eigenvalue weighted by atomic mass is 10.1. The van der Waals surface area contributed by atoms with Crippen molar-refractivity contribution in [3.05, 3.63) is 53.4 Å². The fraction of sp³-hybridized carbons (Fsp3) is 0.444. The third-order valence-corrected chi connectivity index (χ3v) is 4.27. The average molecular weight is 313 g/mol. The summed E-state index contributed by atoms with van der Waals surface area (Å²) in [7, 11) is 0. The van der Waals surface area contributed by atoms with Crippen LogP contribution in [0.25, 0.3) is 0 Å². The van der Waals surface area contributed by atoms with Gasteiger partial charge in [0.2, 0.25) is 0 Å². The van der Waals surface area contributed by atoms with Gasteiger partial charge in [0.1, 0.15) is 0 Å². The Hall–Kier alpha value is -2.30. The zero-order valence-electron chi connectivity index (χ0n) is 13.7. The molecule has 1 aromatic heterocycles. The first-order valence-electron chi connectivity index (χ1n) is 8.20. The number of benzene rings is 1. The van der Waals surface area contributed by atoms with Crippen molar-refractivity contribution >= 4 is 6.03 Å². The van der Waals surface area contributed by atoms with Crippen LogP contribution in [0.3, 0.4) is 0 Å². The highest BCUT2D eigenvalue weighted by Gasteiger charge is 2.32. The molecule has 1 N–H and O–H groups in total. The van der Waals surface area contributed by atoms with Gasteiger partial charge >= 0.3 is 6.03 Å². The van der Waals surface area contributed by atoms with E-state index in [2.05, 4.69) is 24.3 Å². The SMILES string of the molecule is CC(C)c1cc([C@H]2CCCN2C(=O)NCc2ccccc2)on1. The molecule has 1 aliphatic heterocycles. The highest BCUT2D eigenvalue weighted by Crippen LogP contribution is 2.33. The second-order valence-electron chi connectivity index (χ2n) is 6.30. The summed E-state index contributed by atoms with van der Waals surface area (Å²) >= 11 is 0. The van der Waals surface area contributed by atoms with Gasteiger partial charge in [-0.25, -0.2) is 4.79 Å². The number of rotatable bonds is 4. The Bertz CT molecular complexity index is 651. The molecule has 3 rings (SSSR count). The highest BCUT2D eigenvalue weighted by molar-refractivity contribution is 5.75. The van der Waals surface area contributed by atoms with Crippen LogP contribution in [0.1, 0.15) is 55.7 Å². The Balaban J connectivity index is 1.64. The van der Waals surface area contributed by atoms with E-state index in [4.69, 9.17) is 4.52 Å². The summed E-state index contributed by atoms with van der Waals surface area (Å²) in [5.74, 6) is 1.12. The smallest absolute Gasteiger partial charge is 0.318 e. The molecular weight excluding hydrogens is 290 g/mol. The third kappa shape index (κ3) is 3.55. The maximum absolute atomic E-state index is 12.5. The molecule has 122 valence electrons. The molecule has 2 heterocycles. The Labute approximate surface area is 136 Å². The molecule has 1 atom stereocenters. The van der Waals surface area contributed by atoms with E-state index in [-0.39, 0.29) is 12.1 Å². The van der Waals surface area contributed by atoms with E-state index in [1.807, 2.05) is 41.3 Å². The number of amides is 2. The summed E-state index contributed by atoms with van der Waals surface area (Å²) in [6.45, 7) is 5.46. The van der Waals surface area contributed by atoms with Gasteiger partial charge in [0.15, 0.2) is 5.76 Å². The number of carbonyl (C=O) groups excluding carboxylic acids is 1. The van der Waals surface area contributed by atoms with Crippen LogP contribution in [0.5, 0.6) is 0 Å². The number of likely N-dealkylation sites (tertiary alicyclic amines) is 1. The van der Waals surface area contributed by atoms with E-state index in [9.17, 15) is 4.79 Å². The van der Waals surface area contributed by atoms with Crippen molar-refractivity contribution in [2.45, 2.75) is 45.2 Å². The molecular formula is C18H23N3O2. The Morgan fingerprint density at radius 2 is 2.17 bits per heavy atom. The molecule has 0 bridgehead atoms. The first kappa shape index (κ1) is 15.6. The normalized spacial score (nSPS) is 17.7. The molecule has 1 aromatic carbocycles. The molecule has 0 saturated carbocycles. The lowest BCUT2D eigenvalue weighted by molar-refractivity contribution is 0.182.